The highest BCUT2D eigenvalue weighted by Gasteiger charge is 2.22. The van der Waals surface area contributed by atoms with Crippen molar-refractivity contribution in [2.75, 3.05) is 6.61 Å². The number of aromatic amines is 1. The van der Waals surface area contributed by atoms with Crippen molar-refractivity contribution in [3.05, 3.63) is 27.4 Å². The second-order valence-electron chi connectivity index (χ2n) is 6.24. The molecule has 0 bridgehead atoms. The van der Waals surface area contributed by atoms with Gasteiger partial charge in [0, 0.05) is 5.69 Å². The van der Waals surface area contributed by atoms with Gasteiger partial charge in [-0.3, -0.25) is 9.59 Å². The normalized spacial score (nSPS) is 13.1. The van der Waals surface area contributed by atoms with E-state index < -0.39 is 17.5 Å². The van der Waals surface area contributed by atoms with Crippen LogP contribution in [0.15, 0.2) is 4.79 Å². The molecule has 0 aliphatic rings. The van der Waals surface area contributed by atoms with Gasteiger partial charge in [0.25, 0.3) is 11.5 Å². The maximum atomic E-state index is 12.1. The summed E-state index contributed by atoms with van der Waals surface area (Å²) in [5, 5.41) is 12.0. The van der Waals surface area contributed by atoms with Crippen molar-refractivity contribution in [2.24, 2.45) is 5.41 Å². The molecule has 1 amide bonds. The molecule has 6 heteroatoms. The third-order valence-electron chi connectivity index (χ3n) is 2.97. The molecule has 0 aliphatic heterocycles. The van der Waals surface area contributed by atoms with E-state index in [1.165, 1.54) is 0 Å². The van der Waals surface area contributed by atoms with Gasteiger partial charge >= 0.3 is 0 Å². The predicted octanol–water partition coefficient (Wildman–Crippen LogP) is 0.914. The first-order chi connectivity index (χ1) is 9.14. The summed E-state index contributed by atoms with van der Waals surface area (Å²) in [6, 6.07) is -0.398. The molecule has 0 fully saturated rings. The van der Waals surface area contributed by atoms with Crippen molar-refractivity contribution in [2.45, 2.75) is 47.1 Å². The minimum absolute atomic E-state index is 0.0380. The molecule has 1 heterocycles. The van der Waals surface area contributed by atoms with Crippen LogP contribution < -0.4 is 10.9 Å². The van der Waals surface area contributed by atoms with E-state index in [4.69, 9.17) is 0 Å². The maximum Gasteiger partial charge on any atom is 0.279 e. The van der Waals surface area contributed by atoms with Crippen molar-refractivity contribution in [3.63, 3.8) is 0 Å². The molecule has 0 radical (unpaired) electrons. The SMILES string of the molecule is Cc1nc(C(=O)NC(CO)CC(C)(C)C)c(=O)[nH]c1C. The Labute approximate surface area is 118 Å². The fourth-order valence-corrected chi connectivity index (χ4v) is 1.93. The molecule has 0 aliphatic carbocycles. The zero-order valence-electron chi connectivity index (χ0n) is 12.7. The van der Waals surface area contributed by atoms with Crippen LogP contribution >= 0.6 is 0 Å². The van der Waals surface area contributed by atoms with Crippen molar-refractivity contribution in [3.8, 4) is 0 Å². The lowest BCUT2D eigenvalue weighted by Crippen LogP contribution is -2.42. The molecule has 1 atom stereocenters. The van der Waals surface area contributed by atoms with E-state index in [-0.39, 0.29) is 17.7 Å². The van der Waals surface area contributed by atoms with Crippen LogP contribution in [0.4, 0.5) is 0 Å². The number of H-pyrrole nitrogens is 1. The number of aryl methyl sites for hydroxylation is 2. The number of hydrogen-bond acceptors (Lipinski definition) is 4. The first-order valence-corrected chi connectivity index (χ1v) is 6.63. The number of hydrogen-bond donors (Lipinski definition) is 3. The van der Waals surface area contributed by atoms with Gasteiger partial charge in [-0.25, -0.2) is 4.98 Å². The molecular formula is C14H23N3O3. The fraction of sp³-hybridized carbons (Fsp3) is 0.643. The standard InChI is InChI=1S/C14H23N3O3/c1-8-9(2)16-12(19)11(15-8)13(20)17-10(7-18)6-14(3,4)5/h10,18H,6-7H2,1-5H3,(H,16,19)(H,17,20). The summed E-state index contributed by atoms with van der Waals surface area (Å²) >= 11 is 0. The monoisotopic (exact) mass is 281 g/mol. The van der Waals surface area contributed by atoms with E-state index in [0.717, 1.165) is 0 Å². The van der Waals surface area contributed by atoms with Crippen LogP contribution in [0.2, 0.25) is 0 Å². The van der Waals surface area contributed by atoms with E-state index in [1.54, 1.807) is 13.8 Å². The smallest absolute Gasteiger partial charge is 0.279 e. The third kappa shape index (κ3) is 4.45. The molecule has 1 aromatic rings. The second-order valence-corrected chi connectivity index (χ2v) is 6.24. The number of aliphatic hydroxyl groups is 1. The van der Waals surface area contributed by atoms with Gasteiger partial charge in [0.1, 0.15) is 0 Å². The molecule has 1 rings (SSSR count). The lowest BCUT2D eigenvalue weighted by molar-refractivity contribution is 0.0890. The van der Waals surface area contributed by atoms with Crippen LogP contribution in [-0.2, 0) is 0 Å². The minimum atomic E-state index is -0.558. The Balaban J connectivity index is 2.90. The van der Waals surface area contributed by atoms with Crippen LogP contribution in [-0.4, -0.2) is 33.6 Å². The highest BCUT2D eigenvalue weighted by molar-refractivity contribution is 5.92. The van der Waals surface area contributed by atoms with E-state index in [1.807, 2.05) is 20.8 Å². The molecule has 112 valence electrons. The van der Waals surface area contributed by atoms with Gasteiger partial charge in [0.2, 0.25) is 0 Å². The van der Waals surface area contributed by atoms with Gasteiger partial charge in [-0.1, -0.05) is 20.8 Å². The predicted molar refractivity (Wildman–Crippen MR) is 76.7 cm³/mol. The summed E-state index contributed by atoms with van der Waals surface area (Å²) in [4.78, 5) is 30.4. The van der Waals surface area contributed by atoms with Crippen LogP contribution in [0.25, 0.3) is 0 Å². The van der Waals surface area contributed by atoms with Gasteiger partial charge < -0.3 is 15.4 Å². The molecule has 3 N–H and O–H groups in total. The Hall–Kier alpha value is -1.69. The Kier molecular flexibility index (Phi) is 5.05. The lowest BCUT2D eigenvalue weighted by Gasteiger charge is -2.25. The summed E-state index contributed by atoms with van der Waals surface area (Å²) in [5.41, 5.74) is 0.522. The summed E-state index contributed by atoms with van der Waals surface area (Å²) in [7, 11) is 0. The third-order valence-corrected chi connectivity index (χ3v) is 2.97. The summed E-state index contributed by atoms with van der Waals surface area (Å²) in [6.45, 7) is 9.32. The topological polar surface area (TPSA) is 95.1 Å². The number of carbonyl (C=O) groups is 1. The van der Waals surface area contributed by atoms with Crippen molar-refractivity contribution in [1.29, 1.82) is 0 Å². The number of nitrogens with zero attached hydrogens (tertiary/aromatic N) is 1. The first kappa shape index (κ1) is 16.4. The zero-order valence-corrected chi connectivity index (χ0v) is 12.7. The number of carbonyl (C=O) groups excluding carboxylic acids is 1. The molecule has 6 nitrogen and oxygen atoms in total. The van der Waals surface area contributed by atoms with Gasteiger partial charge in [-0.15, -0.1) is 0 Å². The van der Waals surface area contributed by atoms with Crippen LogP contribution in [0.5, 0.6) is 0 Å². The van der Waals surface area contributed by atoms with Crippen molar-refractivity contribution >= 4 is 5.91 Å². The van der Waals surface area contributed by atoms with E-state index in [2.05, 4.69) is 15.3 Å². The molecule has 1 aromatic heterocycles. The fourth-order valence-electron chi connectivity index (χ4n) is 1.93. The molecule has 1 unspecified atom stereocenters. The summed E-state index contributed by atoms with van der Waals surface area (Å²) in [6.07, 6.45) is 0.609. The number of nitrogens with one attached hydrogen (secondary N) is 2. The average Bonchev–Trinajstić information content (AvgIpc) is 2.31. The minimum Gasteiger partial charge on any atom is -0.394 e. The van der Waals surface area contributed by atoms with Crippen LogP contribution in [0.3, 0.4) is 0 Å². The molecule has 20 heavy (non-hydrogen) atoms. The quantitative estimate of drug-likeness (QED) is 0.764. The molecule has 0 saturated heterocycles. The van der Waals surface area contributed by atoms with Crippen LogP contribution in [0, 0.1) is 19.3 Å². The van der Waals surface area contributed by atoms with Gasteiger partial charge in [-0.05, 0) is 25.7 Å². The number of amides is 1. The van der Waals surface area contributed by atoms with E-state index in [0.29, 0.717) is 17.8 Å². The number of aromatic nitrogens is 2. The summed E-state index contributed by atoms with van der Waals surface area (Å²) in [5.74, 6) is -0.558. The largest absolute Gasteiger partial charge is 0.394 e. The molecule has 0 spiro atoms. The van der Waals surface area contributed by atoms with Gasteiger partial charge in [0.15, 0.2) is 5.69 Å². The van der Waals surface area contributed by atoms with E-state index >= 15 is 0 Å². The van der Waals surface area contributed by atoms with Gasteiger partial charge in [0.05, 0.1) is 18.3 Å². The Bertz CT molecular complexity index is 544. The highest BCUT2D eigenvalue weighted by Crippen LogP contribution is 2.20. The van der Waals surface area contributed by atoms with Crippen molar-refractivity contribution in [1.82, 2.24) is 15.3 Å². The number of rotatable bonds is 4. The first-order valence-electron chi connectivity index (χ1n) is 6.63. The summed E-state index contributed by atoms with van der Waals surface area (Å²) < 4.78 is 0. The average molecular weight is 281 g/mol. The highest BCUT2D eigenvalue weighted by atomic mass is 16.3. The van der Waals surface area contributed by atoms with Gasteiger partial charge in [-0.2, -0.15) is 0 Å². The Morgan fingerprint density at radius 2 is 2.00 bits per heavy atom. The van der Waals surface area contributed by atoms with Crippen LogP contribution in [0.1, 0.15) is 49.1 Å². The Morgan fingerprint density at radius 1 is 1.40 bits per heavy atom. The lowest BCUT2D eigenvalue weighted by atomic mass is 9.88. The Morgan fingerprint density at radius 3 is 2.50 bits per heavy atom. The molecule has 0 aromatic carbocycles. The zero-order chi connectivity index (χ0) is 15.5. The second kappa shape index (κ2) is 6.17. The van der Waals surface area contributed by atoms with Crippen molar-refractivity contribution < 1.29 is 9.90 Å². The maximum absolute atomic E-state index is 12.1. The number of aliphatic hydroxyl groups excluding tert-OH is 1. The molecule has 0 saturated carbocycles. The van der Waals surface area contributed by atoms with E-state index in [9.17, 15) is 14.7 Å². The molecular weight excluding hydrogens is 258 g/mol.